The first-order chi connectivity index (χ1) is 14.4. The molecule has 1 aliphatic rings. The quantitative estimate of drug-likeness (QED) is 0.701. The van der Waals surface area contributed by atoms with Crippen molar-refractivity contribution in [2.75, 3.05) is 13.1 Å². The van der Waals surface area contributed by atoms with Gasteiger partial charge in [-0.2, -0.15) is 5.10 Å². The average Bonchev–Trinajstić information content (AvgIpc) is 3.10. The van der Waals surface area contributed by atoms with Crippen molar-refractivity contribution in [3.05, 3.63) is 52.7 Å². The highest BCUT2D eigenvalue weighted by atomic mass is 16.2. The molecule has 0 spiro atoms. The Bertz CT molecular complexity index is 1040. The molecule has 7 nitrogen and oxygen atoms in total. The van der Waals surface area contributed by atoms with Crippen LogP contribution in [-0.2, 0) is 13.6 Å². The van der Waals surface area contributed by atoms with Gasteiger partial charge in [0, 0.05) is 50.7 Å². The molecule has 0 aliphatic carbocycles. The molecule has 3 aromatic rings. The van der Waals surface area contributed by atoms with Crippen molar-refractivity contribution in [2.45, 2.75) is 59.0 Å². The number of hydrogen-bond acceptors (Lipinski definition) is 4. The van der Waals surface area contributed by atoms with Crippen molar-refractivity contribution in [2.24, 2.45) is 7.05 Å². The summed E-state index contributed by atoms with van der Waals surface area (Å²) in [6, 6.07) is 4.22. The van der Waals surface area contributed by atoms with Crippen LogP contribution in [-0.4, -0.2) is 43.1 Å². The number of amides is 1. The van der Waals surface area contributed by atoms with E-state index in [1.807, 2.05) is 46.4 Å². The molecule has 1 atom stereocenters. The van der Waals surface area contributed by atoms with Gasteiger partial charge >= 0.3 is 0 Å². The Labute approximate surface area is 178 Å². The topological polar surface area (TPSA) is 67.5 Å². The molecule has 160 valence electrons. The van der Waals surface area contributed by atoms with Gasteiger partial charge in [0.25, 0.3) is 5.91 Å². The van der Waals surface area contributed by atoms with E-state index >= 15 is 0 Å². The molecule has 1 amide bonds. The summed E-state index contributed by atoms with van der Waals surface area (Å²) in [5.74, 6) is 0.0558. The van der Waals surface area contributed by atoms with Gasteiger partial charge < -0.3 is 14.6 Å². The van der Waals surface area contributed by atoms with Crippen LogP contribution in [0.4, 0.5) is 0 Å². The van der Waals surface area contributed by atoms with Crippen molar-refractivity contribution >= 4 is 11.6 Å². The van der Waals surface area contributed by atoms with Crippen LogP contribution in [0, 0.1) is 13.8 Å². The number of aromatic nitrogens is 4. The number of rotatable bonds is 5. The molecule has 3 aromatic heterocycles. The van der Waals surface area contributed by atoms with Crippen molar-refractivity contribution in [3.63, 3.8) is 0 Å². The molecule has 1 saturated heterocycles. The van der Waals surface area contributed by atoms with Crippen molar-refractivity contribution in [1.82, 2.24) is 29.4 Å². The van der Waals surface area contributed by atoms with Gasteiger partial charge in [0.2, 0.25) is 0 Å². The number of pyridine rings is 1. The maximum Gasteiger partial charge on any atom is 0.274 e. The summed E-state index contributed by atoms with van der Waals surface area (Å²) in [5.41, 5.74) is 5.66. The van der Waals surface area contributed by atoms with Gasteiger partial charge in [0.1, 0.15) is 5.65 Å². The van der Waals surface area contributed by atoms with Gasteiger partial charge in [-0.3, -0.25) is 9.48 Å². The minimum Gasteiger partial charge on any atom is -0.337 e. The van der Waals surface area contributed by atoms with Gasteiger partial charge in [0.05, 0.1) is 11.4 Å². The normalized spacial score (nSPS) is 16.1. The first-order valence-corrected chi connectivity index (χ1v) is 10.9. The second-order valence-corrected chi connectivity index (χ2v) is 8.49. The molecule has 0 bridgehead atoms. The third-order valence-electron chi connectivity index (χ3n) is 6.07. The summed E-state index contributed by atoms with van der Waals surface area (Å²) in [6.45, 7) is 8.42. The Hall–Kier alpha value is -2.67. The highest BCUT2D eigenvalue weighted by molar-refractivity contribution is 5.94. The molecule has 4 rings (SSSR count). The Morgan fingerprint density at radius 1 is 1.20 bits per heavy atom. The highest BCUT2D eigenvalue weighted by Gasteiger charge is 2.25. The number of hydrogen-bond donors (Lipinski definition) is 1. The summed E-state index contributed by atoms with van der Waals surface area (Å²) >= 11 is 0. The van der Waals surface area contributed by atoms with E-state index in [9.17, 15) is 4.79 Å². The van der Waals surface area contributed by atoms with E-state index < -0.39 is 0 Å². The molecule has 1 N–H and O–H groups in total. The van der Waals surface area contributed by atoms with Crippen LogP contribution in [0.25, 0.3) is 5.65 Å². The minimum atomic E-state index is 0.0558. The van der Waals surface area contributed by atoms with E-state index in [2.05, 4.69) is 30.3 Å². The van der Waals surface area contributed by atoms with Gasteiger partial charge in [-0.15, -0.1) is 0 Å². The summed E-state index contributed by atoms with van der Waals surface area (Å²) in [5, 5.41) is 8.04. The van der Waals surface area contributed by atoms with Gasteiger partial charge in [0.15, 0.2) is 5.69 Å². The number of carbonyl (C=O) groups is 1. The van der Waals surface area contributed by atoms with Crippen LogP contribution in [0.1, 0.15) is 71.7 Å². The zero-order valence-corrected chi connectivity index (χ0v) is 18.5. The summed E-state index contributed by atoms with van der Waals surface area (Å²) in [6.07, 6.45) is 8.61. The summed E-state index contributed by atoms with van der Waals surface area (Å²) in [4.78, 5) is 20.2. The van der Waals surface area contributed by atoms with E-state index in [0.29, 0.717) is 12.2 Å². The lowest BCUT2D eigenvalue weighted by atomic mass is 10.1. The largest absolute Gasteiger partial charge is 0.337 e. The summed E-state index contributed by atoms with van der Waals surface area (Å²) in [7, 11) is 1.94. The van der Waals surface area contributed by atoms with E-state index in [1.54, 1.807) is 0 Å². The fourth-order valence-electron chi connectivity index (χ4n) is 4.36. The standard InChI is InChI=1S/C23H32N6O/c1-16-9-12-29-20(14-24-17(2)19-15-27(4)26-18(19)3)22(25-21(29)13-16)23(30)28-10-7-5-6-8-11-28/h9,12-13,15,17,24H,5-8,10-11,14H2,1-4H3/t17-/m0/s1. The Morgan fingerprint density at radius 3 is 2.60 bits per heavy atom. The molecule has 0 saturated carbocycles. The highest BCUT2D eigenvalue weighted by Crippen LogP contribution is 2.21. The first kappa shape index (κ1) is 20.6. The lowest BCUT2D eigenvalue weighted by Gasteiger charge is -2.20. The van der Waals surface area contributed by atoms with E-state index in [4.69, 9.17) is 4.98 Å². The molecule has 1 fully saturated rings. The van der Waals surface area contributed by atoms with Crippen molar-refractivity contribution in [3.8, 4) is 0 Å². The number of likely N-dealkylation sites (tertiary alicyclic amines) is 1. The fourth-order valence-corrected chi connectivity index (χ4v) is 4.36. The maximum atomic E-state index is 13.4. The lowest BCUT2D eigenvalue weighted by molar-refractivity contribution is 0.0755. The average molecular weight is 409 g/mol. The fraction of sp³-hybridized carbons (Fsp3) is 0.522. The van der Waals surface area contributed by atoms with E-state index in [1.165, 1.54) is 18.4 Å². The third kappa shape index (κ3) is 4.12. The molecule has 7 heteroatoms. The number of aryl methyl sites for hydroxylation is 3. The maximum absolute atomic E-state index is 13.4. The van der Waals surface area contributed by atoms with Crippen LogP contribution < -0.4 is 5.32 Å². The Balaban J connectivity index is 1.64. The van der Waals surface area contributed by atoms with Crippen molar-refractivity contribution in [1.29, 1.82) is 0 Å². The molecule has 4 heterocycles. The molecule has 30 heavy (non-hydrogen) atoms. The Kier molecular flexibility index (Phi) is 5.90. The molecular weight excluding hydrogens is 376 g/mol. The zero-order chi connectivity index (χ0) is 21.3. The molecular formula is C23H32N6O. The number of carbonyl (C=O) groups excluding carboxylic acids is 1. The predicted molar refractivity (Wildman–Crippen MR) is 118 cm³/mol. The second-order valence-electron chi connectivity index (χ2n) is 8.49. The number of nitrogens with one attached hydrogen (secondary N) is 1. The van der Waals surface area contributed by atoms with Crippen LogP contribution in [0.2, 0.25) is 0 Å². The predicted octanol–water partition coefficient (Wildman–Crippen LogP) is 3.55. The second kappa shape index (κ2) is 8.60. The number of fused-ring (bicyclic) bond motifs is 1. The SMILES string of the molecule is Cc1ccn2c(CN[C@@H](C)c3cn(C)nc3C)c(C(=O)N3CCCCCC3)nc2c1. The van der Waals surface area contributed by atoms with Gasteiger partial charge in [-0.05, 0) is 51.3 Å². The number of imidazole rings is 1. The molecule has 0 radical (unpaired) electrons. The molecule has 0 unspecified atom stereocenters. The van der Waals surface area contributed by atoms with Crippen LogP contribution in [0.15, 0.2) is 24.5 Å². The van der Waals surface area contributed by atoms with Gasteiger partial charge in [-0.1, -0.05) is 12.8 Å². The van der Waals surface area contributed by atoms with Gasteiger partial charge in [-0.25, -0.2) is 4.98 Å². The summed E-state index contributed by atoms with van der Waals surface area (Å²) < 4.78 is 3.89. The first-order valence-electron chi connectivity index (χ1n) is 10.9. The smallest absolute Gasteiger partial charge is 0.274 e. The molecule has 1 aliphatic heterocycles. The van der Waals surface area contributed by atoms with Crippen molar-refractivity contribution < 1.29 is 4.79 Å². The molecule has 0 aromatic carbocycles. The van der Waals surface area contributed by atoms with E-state index in [-0.39, 0.29) is 11.9 Å². The lowest BCUT2D eigenvalue weighted by Crippen LogP contribution is -2.33. The van der Waals surface area contributed by atoms with Crippen LogP contribution in [0.5, 0.6) is 0 Å². The monoisotopic (exact) mass is 408 g/mol. The third-order valence-corrected chi connectivity index (χ3v) is 6.07. The Morgan fingerprint density at radius 2 is 1.93 bits per heavy atom. The number of nitrogens with zero attached hydrogens (tertiary/aromatic N) is 5. The van der Waals surface area contributed by atoms with E-state index in [0.717, 1.165) is 48.5 Å². The zero-order valence-electron chi connectivity index (χ0n) is 18.5. The van der Waals surface area contributed by atoms with Crippen LogP contribution in [0.3, 0.4) is 0 Å². The van der Waals surface area contributed by atoms with Crippen LogP contribution >= 0.6 is 0 Å². The minimum absolute atomic E-state index is 0.0558.